The third kappa shape index (κ3) is 4.91. The number of rotatable bonds is 8. The highest BCUT2D eigenvalue weighted by Crippen LogP contribution is 2.25. The number of hydrogen-bond acceptors (Lipinski definition) is 3. The van der Waals surface area contributed by atoms with Crippen molar-refractivity contribution in [2.45, 2.75) is 39.2 Å². The molecule has 1 aromatic carbocycles. The van der Waals surface area contributed by atoms with Crippen LogP contribution in [0.5, 0.6) is 5.75 Å². The Hall–Kier alpha value is -1.55. The van der Waals surface area contributed by atoms with Crippen LogP contribution in [-0.4, -0.2) is 30.3 Å². The van der Waals surface area contributed by atoms with Crippen molar-refractivity contribution in [3.05, 3.63) is 29.8 Å². The minimum absolute atomic E-state index is 0.138. The normalized spacial score (nSPS) is 12.4. The smallest absolute Gasteiger partial charge is 0.324 e. The van der Waals surface area contributed by atoms with E-state index < -0.39 is 12.0 Å². The number of nitrogens with one attached hydrogen (secondary N) is 1. The lowest BCUT2D eigenvalue weighted by Crippen LogP contribution is -2.41. The van der Waals surface area contributed by atoms with Gasteiger partial charge >= 0.3 is 5.97 Å². The van der Waals surface area contributed by atoms with E-state index in [0.29, 0.717) is 12.5 Å². The van der Waals surface area contributed by atoms with Crippen molar-refractivity contribution >= 4 is 5.97 Å². The van der Waals surface area contributed by atoms with E-state index in [2.05, 4.69) is 19.2 Å². The largest absolute Gasteiger partial charge is 0.491 e. The maximum Gasteiger partial charge on any atom is 0.324 e. The van der Waals surface area contributed by atoms with Crippen LogP contribution in [0.25, 0.3) is 0 Å². The minimum Gasteiger partial charge on any atom is -0.491 e. The molecule has 0 aliphatic rings. The zero-order valence-electron chi connectivity index (χ0n) is 11.8. The molecule has 106 valence electrons. The van der Waals surface area contributed by atoms with Crippen LogP contribution < -0.4 is 10.1 Å². The monoisotopic (exact) mass is 265 g/mol. The molecule has 0 saturated carbocycles. The predicted octanol–water partition coefficient (Wildman–Crippen LogP) is 2.64. The molecular formula is C15H23NO3. The van der Waals surface area contributed by atoms with Gasteiger partial charge in [0.15, 0.2) is 0 Å². The summed E-state index contributed by atoms with van der Waals surface area (Å²) in [6.07, 6.45) is 0.895. The van der Waals surface area contributed by atoms with Gasteiger partial charge in [-0.1, -0.05) is 39.0 Å². The fourth-order valence-corrected chi connectivity index (χ4v) is 1.80. The maximum atomic E-state index is 11.1. The van der Waals surface area contributed by atoms with Gasteiger partial charge in [0.1, 0.15) is 18.4 Å². The minimum atomic E-state index is -0.879. The zero-order valence-corrected chi connectivity index (χ0v) is 11.8. The molecular weight excluding hydrogens is 242 g/mol. The van der Waals surface area contributed by atoms with E-state index in [1.807, 2.05) is 31.2 Å². The lowest BCUT2D eigenvalue weighted by atomic mass is 10.0. The van der Waals surface area contributed by atoms with Gasteiger partial charge in [-0.2, -0.15) is 0 Å². The molecule has 1 rings (SSSR count). The van der Waals surface area contributed by atoms with Crippen LogP contribution in [0.3, 0.4) is 0 Å². The first-order valence-corrected chi connectivity index (χ1v) is 6.74. The fourth-order valence-electron chi connectivity index (χ4n) is 1.80. The summed E-state index contributed by atoms with van der Waals surface area (Å²) in [4.78, 5) is 11.1. The molecule has 0 heterocycles. The van der Waals surface area contributed by atoms with E-state index in [4.69, 9.17) is 9.84 Å². The van der Waals surface area contributed by atoms with Crippen molar-refractivity contribution in [2.24, 2.45) is 0 Å². The summed E-state index contributed by atoms with van der Waals surface area (Å²) >= 11 is 0. The Kier molecular flexibility index (Phi) is 6.36. The lowest BCUT2D eigenvalue weighted by molar-refractivity contribution is -0.140. The van der Waals surface area contributed by atoms with Crippen molar-refractivity contribution in [1.82, 2.24) is 5.32 Å². The second-order valence-corrected chi connectivity index (χ2v) is 4.85. The predicted molar refractivity (Wildman–Crippen MR) is 75.7 cm³/mol. The fraction of sp³-hybridized carbons (Fsp3) is 0.533. The number of aliphatic carboxylic acids is 1. The highest BCUT2D eigenvalue weighted by Gasteiger charge is 2.18. The van der Waals surface area contributed by atoms with E-state index in [1.165, 1.54) is 0 Å². The van der Waals surface area contributed by atoms with E-state index in [-0.39, 0.29) is 6.61 Å². The van der Waals surface area contributed by atoms with Gasteiger partial charge in [-0.25, -0.2) is 0 Å². The Morgan fingerprint density at radius 2 is 2.05 bits per heavy atom. The molecule has 0 aliphatic carbocycles. The SMILES string of the molecule is CCCNC(COc1ccccc1C(C)C)C(=O)O. The van der Waals surface area contributed by atoms with E-state index in [1.54, 1.807) is 0 Å². The quantitative estimate of drug-likeness (QED) is 0.758. The highest BCUT2D eigenvalue weighted by molar-refractivity contribution is 5.73. The van der Waals surface area contributed by atoms with Gasteiger partial charge in [0.25, 0.3) is 0 Å². The Morgan fingerprint density at radius 1 is 1.37 bits per heavy atom. The number of hydrogen-bond donors (Lipinski definition) is 2. The Bertz CT molecular complexity index is 404. The van der Waals surface area contributed by atoms with Gasteiger partial charge in [-0.05, 0) is 30.5 Å². The van der Waals surface area contributed by atoms with Gasteiger partial charge in [-0.15, -0.1) is 0 Å². The van der Waals surface area contributed by atoms with E-state index in [0.717, 1.165) is 17.7 Å². The summed E-state index contributed by atoms with van der Waals surface area (Å²) in [5.41, 5.74) is 1.10. The number of ether oxygens (including phenoxy) is 1. The first-order chi connectivity index (χ1) is 9.06. The number of benzene rings is 1. The standard InChI is InChI=1S/C15H23NO3/c1-4-9-16-13(15(17)18)10-19-14-8-6-5-7-12(14)11(2)3/h5-8,11,13,16H,4,9-10H2,1-3H3,(H,17,18). The number of para-hydroxylation sites is 1. The van der Waals surface area contributed by atoms with Gasteiger partial charge in [0.05, 0.1) is 0 Å². The summed E-state index contributed by atoms with van der Waals surface area (Å²) in [7, 11) is 0. The van der Waals surface area contributed by atoms with E-state index in [9.17, 15) is 4.79 Å². The summed E-state index contributed by atoms with van der Waals surface area (Å²) < 4.78 is 5.68. The van der Waals surface area contributed by atoms with Gasteiger partial charge in [-0.3, -0.25) is 4.79 Å². The molecule has 0 aromatic heterocycles. The topological polar surface area (TPSA) is 58.6 Å². The molecule has 0 amide bonds. The molecule has 4 nitrogen and oxygen atoms in total. The van der Waals surface area contributed by atoms with Crippen LogP contribution >= 0.6 is 0 Å². The average molecular weight is 265 g/mol. The Balaban J connectivity index is 2.66. The molecule has 1 aromatic rings. The molecule has 4 heteroatoms. The van der Waals surface area contributed by atoms with Gasteiger partial charge in [0.2, 0.25) is 0 Å². The summed E-state index contributed by atoms with van der Waals surface area (Å²) in [5, 5.41) is 12.1. The second-order valence-electron chi connectivity index (χ2n) is 4.85. The van der Waals surface area contributed by atoms with Crippen LogP contribution in [0.1, 0.15) is 38.7 Å². The van der Waals surface area contributed by atoms with Crippen molar-refractivity contribution in [2.75, 3.05) is 13.2 Å². The molecule has 1 unspecified atom stereocenters. The van der Waals surface area contributed by atoms with Crippen molar-refractivity contribution in [3.8, 4) is 5.75 Å². The number of carbonyl (C=O) groups is 1. The van der Waals surface area contributed by atoms with Crippen LogP contribution in [-0.2, 0) is 4.79 Å². The third-order valence-corrected chi connectivity index (χ3v) is 2.89. The van der Waals surface area contributed by atoms with Crippen LogP contribution in [0, 0.1) is 0 Å². The first kappa shape index (κ1) is 15.5. The zero-order chi connectivity index (χ0) is 14.3. The van der Waals surface area contributed by atoms with Crippen molar-refractivity contribution in [3.63, 3.8) is 0 Å². The van der Waals surface area contributed by atoms with Crippen molar-refractivity contribution < 1.29 is 14.6 Å². The third-order valence-electron chi connectivity index (χ3n) is 2.89. The molecule has 0 radical (unpaired) electrons. The Labute approximate surface area is 114 Å². The first-order valence-electron chi connectivity index (χ1n) is 6.74. The summed E-state index contributed by atoms with van der Waals surface area (Å²) in [6, 6.07) is 7.09. The molecule has 0 spiro atoms. The van der Waals surface area contributed by atoms with Gasteiger partial charge < -0.3 is 15.2 Å². The lowest BCUT2D eigenvalue weighted by Gasteiger charge is -2.18. The highest BCUT2D eigenvalue weighted by atomic mass is 16.5. The molecule has 0 bridgehead atoms. The maximum absolute atomic E-state index is 11.1. The molecule has 2 N–H and O–H groups in total. The van der Waals surface area contributed by atoms with Gasteiger partial charge in [0, 0.05) is 0 Å². The van der Waals surface area contributed by atoms with E-state index >= 15 is 0 Å². The molecule has 19 heavy (non-hydrogen) atoms. The number of carboxylic acids is 1. The van der Waals surface area contributed by atoms with Crippen LogP contribution in [0.2, 0.25) is 0 Å². The number of carboxylic acid groups (broad SMARTS) is 1. The molecule has 0 aliphatic heterocycles. The summed E-state index contributed by atoms with van der Waals surface area (Å²) in [6.45, 7) is 6.99. The molecule has 0 fully saturated rings. The van der Waals surface area contributed by atoms with Crippen molar-refractivity contribution in [1.29, 1.82) is 0 Å². The summed E-state index contributed by atoms with van der Waals surface area (Å²) in [5.74, 6) is 0.237. The molecule has 1 atom stereocenters. The van der Waals surface area contributed by atoms with Crippen LogP contribution in [0.4, 0.5) is 0 Å². The second kappa shape index (κ2) is 7.79. The molecule has 0 saturated heterocycles. The average Bonchev–Trinajstić information content (AvgIpc) is 2.38. The Morgan fingerprint density at radius 3 is 2.63 bits per heavy atom. The van der Waals surface area contributed by atoms with Crippen LogP contribution in [0.15, 0.2) is 24.3 Å².